The van der Waals surface area contributed by atoms with Crippen molar-refractivity contribution in [3.8, 4) is 0 Å². The minimum Gasteiger partial charge on any atom is -0.323 e. The molecule has 0 aliphatic carbocycles. The van der Waals surface area contributed by atoms with Crippen LogP contribution in [0.5, 0.6) is 0 Å². The number of Topliss-reactive ketones (excluding diaryl/α,β-unsaturated/α-hetero) is 1. The van der Waals surface area contributed by atoms with Crippen LogP contribution in [0.3, 0.4) is 0 Å². The lowest BCUT2D eigenvalue weighted by Crippen LogP contribution is -2.46. The highest BCUT2D eigenvalue weighted by Crippen LogP contribution is 2.26. The Bertz CT molecular complexity index is 434. The summed E-state index contributed by atoms with van der Waals surface area (Å²) >= 11 is 1.62. The first kappa shape index (κ1) is 12.3. The van der Waals surface area contributed by atoms with E-state index in [9.17, 15) is 9.59 Å². The Morgan fingerprint density at radius 3 is 2.88 bits per heavy atom. The number of anilines is 1. The highest BCUT2D eigenvalue weighted by atomic mass is 32.1. The van der Waals surface area contributed by atoms with Gasteiger partial charge in [0.15, 0.2) is 0 Å². The molecule has 0 saturated carbocycles. The van der Waals surface area contributed by atoms with Crippen molar-refractivity contribution in [1.82, 2.24) is 5.32 Å². The minimum atomic E-state index is -0.380. The summed E-state index contributed by atoms with van der Waals surface area (Å²) in [5.41, 5.74) is 1.96. The molecule has 1 fully saturated rings. The van der Waals surface area contributed by atoms with Crippen LogP contribution >= 0.6 is 11.3 Å². The lowest BCUT2D eigenvalue weighted by molar-refractivity contribution is -0.126. The van der Waals surface area contributed by atoms with E-state index in [-0.39, 0.29) is 17.7 Å². The molecule has 1 aliphatic rings. The maximum atomic E-state index is 12.0. The van der Waals surface area contributed by atoms with Gasteiger partial charge in [-0.2, -0.15) is 0 Å². The minimum absolute atomic E-state index is 0.109. The number of piperidine rings is 1. The van der Waals surface area contributed by atoms with E-state index in [1.165, 1.54) is 0 Å². The van der Waals surface area contributed by atoms with Gasteiger partial charge in [0.2, 0.25) is 5.91 Å². The number of aryl methyl sites for hydroxylation is 2. The van der Waals surface area contributed by atoms with Gasteiger partial charge in [-0.3, -0.25) is 9.59 Å². The molecule has 2 heterocycles. The maximum absolute atomic E-state index is 12.0. The highest BCUT2D eigenvalue weighted by Gasteiger charge is 2.25. The van der Waals surface area contributed by atoms with Crippen molar-refractivity contribution in [3.63, 3.8) is 0 Å². The molecule has 92 valence electrons. The predicted octanol–water partition coefficient (Wildman–Crippen LogP) is 1.62. The van der Waals surface area contributed by atoms with Gasteiger partial charge in [-0.1, -0.05) is 0 Å². The first-order valence-corrected chi connectivity index (χ1v) is 6.56. The summed E-state index contributed by atoms with van der Waals surface area (Å²) in [6, 6.07) is -0.380. The van der Waals surface area contributed by atoms with Crippen molar-refractivity contribution in [3.05, 3.63) is 15.8 Å². The molecule has 2 rings (SSSR count). The van der Waals surface area contributed by atoms with Gasteiger partial charge < -0.3 is 10.6 Å². The third-order valence-corrected chi connectivity index (χ3v) is 3.98. The molecular weight excluding hydrogens is 236 g/mol. The number of hydrogen-bond acceptors (Lipinski definition) is 4. The van der Waals surface area contributed by atoms with E-state index in [1.807, 2.05) is 19.2 Å². The quantitative estimate of drug-likeness (QED) is 0.841. The Kier molecular flexibility index (Phi) is 3.59. The van der Waals surface area contributed by atoms with Crippen molar-refractivity contribution >= 4 is 28.7 Å². The van der Waals surface area contributed by atoms with Crippen LogP contribution in [0, 0.1) is 13.8 Å². The number of amides is 1. The van der Waals surface area contributed by atoms with Gasteiger partial charge in [0.25, 0.3) is 0 Å². The van der Waals surface area contributed by atoms with Crippen LogP contribution in [0.1, 0.15) is 23.3 Å². The van der Waals surface area contributed by atoms with Crippen LogP contribution in [0.2, 0.25) is 0 Å². The molecular formula is C12H16N2O2S. The lowest BCUT2D eigenvalue weighted by Gasteiger charge is -2.22. The van der Waals surface area contributed by atoms with E-state index in [4.69, 9.17) is 0 Å². The van der Waals surface area contributed by atoms with E-state index in [1.54, 1.807) is 11.3 Å². The molecule has 0 aromatic carbocycles. The first-order valence-electron chi connectivity index (χ1n) is 5.68. The summed E-state index contributed by atoms with van der Waals surface area (Å²) in [7, 11) is 0. The van der Waals surface area contributed by atoms with Crippen LogP contribution in [0.25, 0.3) is 0 Å². The molecule has 1 amide bonds. The van der Waals surface area contributed by atoms with Gasteiger partial charge in [-0.05, 0) is 24.8 Å². The summed E-state index contributed by atoms with van der Waals surface area (Å²) in [5, 5.41) is 7.99. The molecule has 0 unspecified atom stereocenters. The Labute approximate surface area is 104 Å². The van der Waals surface area contributed by atoms with E-state index in [0.29, 0.717) is 19.4 Å². The van der Waals surface area contributed by atoms with Crippen molar-refractivity contribution in [1.29, 1.82) is 0 Å². The predicted molar refractivity (Wildman–Crippen MR) is 68.5 cm³/mol. The summed E-state index contributed by atoms with van der Waals surface area (Å²) in [4.78, 5) is 24.4. The smallest absolute Gasteiger partial charge is 0.242 e. The Hall–Kier alpha value is -1.20. The molecule has 0 spiro atoms. The molecule has 1 aliphatic heterocycles. The molecule has 2 N–H and O–H groups in total. The number of carbonyl (C=O) groups excluding carboxylic acids is 2. The molecule has 1 atom stereocenters. The second-order valence-corrected chi connectivity index (χ2v) is 5.42. The largest absolute Gasteiger partial charge is 0.323 e. The molecule has 0 bridgehead atoms. The SMILES string of the molecule is Cc1csc(C)c1NC(=O)[C@@H]1CC(=O)CCN1. The van der Waals surface area contributed by atoms with Crippen LogP contribution in [-0.2, 0) is 9.59 Å². The normalized spacial score (nSPS) is 20.4. The molecule has 1 aromatic rings. The Balaban J connectivity index is 2.04. The Morgan fingerprint density at radius 1 is 1.53 bits per heavy atom. The summed E-state index contributed by atoms with van der Waals surface area (Å²) in [6.45, 7) is 4.55. The van der Waals surface area contributed by atoms with Crippen LogP contribution in [0.4, 0.5) is 5.69 Å². The molecule has 1 saturated heterocycles. The van der Waals surface area contributed by atoms with Crippen molar-refractivity contribution in [2.24, 2.45) is 0 Å². The monoisotopic (exact) mass is 252 g/mol. The molecule has 4 nitrogen and oxygen atoms in total. The summed E-state index contributed by atoms with van der Waals surface area (Å²) < 4.78 is 0. The van der Waals surface area contributed by atoms with E-state index < -0.39 is 0 Å². The second-order valence-electron chi connectivity index (χ2n) is 4.34. The third kappa shape index (κ3) is 2.73. The highest BCUT2D eigenvalue weighted by molar-refractivity contribution is 7.10. The number of nitrogens with one attached hydrogen (secondary N) is 2. The topological polar surface area (TPSA) is 58.2 Å². The first-order chi connectivity index (χ1) is 8.08. The van der Waals surface area contributed by atoms with Crippen LogP contribution in [-0.4, -0.2) is 24.3 Å². The van der Waals surface area contributed by atoms with Gasteiger partial charge in [-0.15, -0.1) is 11.3 Å². The summed E-state index contributed by atoms with van der Waals surface area (Å²) in [6.07, 6.45) is 0.828. The number of ketones is 1. The zero-order valence-electron chi connectivity index (χ0n) is 10.0. The standard InChI is InChI=1S/C12H16N2O2S/c1-7-6-17-8(2)11(7)14-12(16)10-5-9(15)3-4-13-10/h6,10,13H,3-5H2,1-2H3,(H,14,16)/t10-/m0/s1. The van der Waals surface area contributed by atoms with Crippen LogP contribution < -0.4 is 10.6 Å². The number of carbonyl (C=O) groups is 2. The second kappa shape index (κ2) is 4.98. The van der Waals surface area contributed by atoms with Crippen molar-refractivity contribution < 1.29 is 9.59 Å². The molecule has 5 heteroatoms. The van der Waals surface area contributed by atoms with Gasteiger partial charge >= 0.3 is 0 Å². The average Bonchev–Trinajstić information content (AvgIpc) is 2.61. The van der Waals surface area contributed by atoms with Gasteiger partial charge in [0, 0.05) is 24.3 Å². The van der Waals surface area contributed by atoms with Crippen molar-refractivity contribution in [2.75, 3.05) is 11.9 Å². The van der Waals surface area contributed by atoms with Gasteiger partial charge in [0.05, 0.1) is 11.7 Å². The van der Waals surface area contributed by atoms with Gasteiger partial charge in [-0.25, -0.2) is 0 Å². The fourth-order valence-corrected chi connectivity index (χ4v) is 2.74. The van der Waals surface area contributed by atoms with Crippen LogP contribution in [0.15, 0.2) is 5.38 Å². The Morgan fingerprint density at radius 2 is 2.29 bits per heavy atom. The van der Waals surface area contributed by atoms with E-state index in [2.05, 4.69) is 10.6 Å². The number of rotatable bonds is 2. The third-order valence-electron chi connectivity index (χ3n) is 2.95. The molecule has 17 heavy (non-hydrogen) atoms. The van der Waals surface area contributed by atoms with Gasteiger partial charge in [0.1, 0.15) is 5.78 Å². The maximum Gasteiger partial charge on any atom is 0.242 e. The lowest BCUT2D eigenvalue weighted by atomic mass is 10.0. The van der Waals surface area contributed by atoms with E-state index >= 15 is 0 Å². The zero-order chi connectivity index (χ0) is 12.4. The molecule has 1 aromatic heterocycles. The number of hydrogen-bond donors (Lipinski definition) is 2. The fraction of sp³-hybridized carbons (Fsp3) is 0.500. The van der Waals surface area contributed by atoms with Crippen molar-refractivity contribution in [2.45, 2.75) is 32.7 Å². The zero-order valence-corrected chi connectivity index (χ0v) is 10.8. The van der Waals surface area contributed by atoms with E-state index in [0.717, 1.165) is 16.1 Å². The number of thiophene rings is 1. The summed E-state index contributed by atoms with van der Waals surface area (Å²) in [5.74, 6) is 0.0466. The fourth-order valence-electron chi connectivity index (χ4n) is 1.94. The molecule has 0 radical (unpaired) electrons. The average molecular weight is 252 g/mol.